The van der Waals surface area contributed by atoms with Gasteiger partial charge in [0.2, 0.25) is 0 Å². The van der Waals surface area contributed by atoms with Gasteiger partial charge in [-0.05, 0) is 79.1 Å². The fourth-order valence-electron chi connectivity index (χ4n) is 9.40. The molecular weight excluding hydrogens is 474 g/mol. The van der Waals surface area contributed by atoms with E-state index in [1.165, 1.54) is 7.11 Å². The second-order valence-electron chi connectivity index (χ2n) is 15.1. The first-order valence-corrected chi connectivity index (χ1v) is 14.4. The predicted molar refractivity (Wildman–Crippen MR) is 148 cm³/mol. The van der Waals surface area contributed by atoms with Crippen molar-refractivity contribution in [1.29, 1.82) is 5.26 Å². The lowest BCUT2D eigenvalue weighted by Gasteiger charge is -2.63. The third-order valence-corrected chi connectivity index (χ3v) is 12.1. The molecule has 0 N–H and O–H groups in total. The molecule has 0 aliphatic heterocycles. The molecule has 0 heterocycles. The molecule has 0 amide bonds. The minimum absolute atomic E-state index is 0.0242. The number of ketones is 2. The summed E-state index contributed by atoms with van der Waals surface area (Å²) in [5.74, 6) is 0.121. The van der Waals surface area contributed by atoms with Gasteiger partial charge in [-0.2, -0.15) is 5.26 Å². The van der Waals surface area contributed by atoms with Crippen molar-refractivity contribution in [3.63, 3.8) is 0 Å². The molecule has 208 valence electrons. The summed E-state index contributed by atoms with van der Waals surface area (Å²) in [6, 6.07) is 2.16. The summed E-state index contributed by atoms with van der Waals surface area (Å²) >= 11 is 0. The number of esters is 1. The van der Waals surface area contributed by atoms with Crippen LogP contribution in [0.2, 0.25) is 0 Å². The SMILES string of the molecule is COC(=O)[C@]1(CC[C@]2(C)CC(=O)C=C3[C@@]4(C)C=C(C#N)C(=O)C(C)(C)C4CC[C@]32C)CCC(C)(C)CC1C. The molecular formula is C33H47NO4. The fourth-order valence-corrected chi connectivity index (χ4v) is 9.40. The average molecular weight is 522 g/mol. The van der Waals surface area contributed by atoms with Crippen LogP contribution in [0.4, 0.5) is 0 Å². The van der Waals surface area contributed by atoms with Gasteiger partial charge in [0.05, 0.1) is 18.1 Å². The van der Waals surface area contributed by atoms with E-state index in [-0.39, 0.29) is 51.2 Å². The third-order valence-electron chi connectivity index (χ3n) is 12.1. The maximum absolute atomic E-state index is 13.4. The standard InChI is InChI=1S/C33H47NO4/c1-21-17-28(2,3)12-14-33(21,27(37)38-9)15-13-30(6)19-23(35)16-25-31(7)18-22(20-34)26(36)29(4,5)24(31)10-11-32(25,30)8/h16,18,21,24H,10-15,17,19H2,1-9H3/t21?,24?,30-,31+,32-,33+/m1/s1. The molecule has 2 unspecified atom stereocenters. The molecule has 0 spiro atoms. The van der Waals surface area contributed by atoms with E-state index in [0.717, 1.165) is 44.1 Å². The van der Waals surface area contributed by atoms with E-state index in [2.05, 4.69) is 47.6 Å². The van der Waals surface area contributed by atoms with Crippen LogP contribution in [-0.4, -0.2) is 24.6 Å². The number of Topliss-reactive ketones (excluding diaryl/α,β-unsaturated/α-hetero) is 1. The summed E-state index contributed by atoms with van der Waals surface area (Å²) in [7, 11) is 1.50. The Kier molecular flexibility index (Phi) is 6.74. The lowest BCUT2D eigenvalue weighted by atomic mass is 9.40. The zero-order valence-corrected chi connectivity index (χ0v) is 25.0. The van der Waals surface area contributed by atoms with Gasteiger partial charge in [0.25, 0.3) is 0 Å². The van der Waals surface area contributed by atoms with Crippen molar-refractivity contribution in [2.45, 2.75) is 107 Å². The lowest BCUT2D eigenvalue weighted by molar-refractivity contribution is -0.163. The molecule has 4 aliphatic carbocycles. The molecule has 4 aliphatic rings. The summed E-state index contributed by atoms with van der Waals surface area (Å²) in [5, 5.41) is 9.84. The molecule has 0 aromatic rings. The van der Waals surface area contributed by atoms with Gasteiger partial charge < -0.3 is 4.74 Å². The molecule has 0 radical (unpaired) electrons. The van der Waals surface area contributed by atoms with Gasteiger partial charge in [0, 0.05) is 17.3 Å². The number of carbonyl (C=O) groups is 3. The highest BCUT2D eigenvalue weighted by atomic mass is 16.5. The van der Waals surface area contributed by atoms with Crippen molar-refractivity contribution in [3.05, 3.63) is 23.3 Å². The lowest BCUT2D eigenvalue weighted by Crippen LogP contribution is -2.58. The number of hydrogen-bond donors (Lipinski definition) is 0. The van der Waals surface area contributed by atoms with Gasteiger partial charge in [-0.25, -0.2) is 0 Å². The summed E-state index contributed by atoms with van der Waals surface area (Å²) < 4.78 is 5.41. The van der Waals surface area contributed by atoms with Crippen molar-refractivity contribution in [2.75, 3.05) is 7.11 Å². The molecule has 2 saturated carbocycles. The van der Waals surface area contributed by atoms with Crippen LogP contribution in [0.1, 0.15) is 107 Å². The van der Waals surface area contributed by atoms with E-state index >= 15 is 0 Å². The van der Waals surface area contributed by atoms with Crippen molar-refractivity contribution in [3.8, 4) is 6.07 Å². The normalized spacial score (nSPS) is 41.7. The number of carbonyl (C=O) groups excluding carboxylic acids is 3. The highest BCUT2D eigenvalue weighted by Crippen LogP contribution is 2.69. The van der Waals surface area contributed by atoms with Gasteiger partial charge in [0.1, 0.15) is 6.07 Å². The molecule has 5 nitrogen and oxygen atoms in total. The van der Waals surface area contributed by atoms with Crippen LogP contribution in [0.15, 0.2) is 23.3 Å². The second-order valence-corrected chi connectivity index (χ2v) is 15.1. The zero-order valence-electron chi connectivity index (χ0n) is 25.0. The minimum atomic E-state index is -0.674. The summed E-state index contributed by atoms with van der Waals surface area (Å²) in [5.41, 5.74) is -0.910. The van der Waals surface area contributed by atoms with Gasteiger partial charge in [-0.3, -0.25) is 14.4 Å². The Hall–Kier alpha value is -2.22. The highest BCUT2D eigenvalue weighted by molar-refractivity contribution is 6.04. The van der Waals surface area contributed by atoms with Crippen LogP contribution in [-0.2, 0) is 19.1 Å². The highest BCUT2D eigenvalue weighted by Gasteiger charge is 2.63. The predicted octanol–water partition coefficient (Wildman–Crippen LogP) is 7.16. The van der Waals surface area contributed by atoms with Crippen LogP contribution >= 0.6 is 0 Å². The van der Waals surface area contributed by atoms with Gasteiger partial charge in [0.15, 0.2) is 11.6 Å². The molecule has 5 heteroatoms. The number of ether oxygens (including phenoxy) is 1. The Morgan fingerprint density at radius 1 is 1.05 bits per heavy atom. The second kappa shape index (κ2) is 8.90. The van der Waals surface area contributed by atoms with E-state index in [0.29, 0.717) is 12.8 Å². The molecule has 6 atom stereocenters. The van der Waals surface area contributed by atoms with Crippen molar-refractivity contribution in [1.82, 2.24) is 0 Å². The number of rotatable bonds is 4. The van der Waals surface area contributed by atoms with Crippen LogP contribution in [0.25, 0.3) is 0 Å². The minimum Gasteiger partial charge on any atom is -0.469 e. The number of allylic oxidation sites excluding steroid dienone is 4. The smallest absolute Gasteiger partial charge is 0.312 e. The maximum Gasteiger partial charge on any atom is 0.312 e. The van der Waals surface area contributed by atoms with E-state index in [1.54, 1.807) is 0 Å². The average Bonchev–Trinajstić information content (AvgIpc) is 2.82. The Balaban J connectivity index is 1.75. The maximum atomic E-state index is 13.4. The third kappa shape index (κ3) is 3.96. The van der Waals surface area contributed by atoms with Crippen molar-refractivity contribution in [2.24, 2.45) is 44.3 Å². The molecule has 4 rings (SSSR count). The number of nitriles is 1. The fraction of sp³-hybridized carbons (Fsp3) is 0.758. The molecule has 0 bridgehead atoms. The van der Waals surface area contributed by atoms with Crippen LogP contribution < -0.4 is 0 Å². The summed E-state index contributed by atoms with van der Waals surface area (Å²) in [6.45, 7) is 17.3. The molecule has 2 fully saturated rings. The monoisotopic (exact) mass is 521 g/mol. The Labute approximate surface area is 229 Å². The molecule has 0 aromatic heterocycles. The largest absolute Gasteiger partial charge is 0.469 e. The number of nitrogens with zero attached hydrogens (tertiary/aromatic N) is 1. The quantitative estimate of drug-likeness (QED) is 0.367. The molecule has 38 heavy (non-hydrogen) atoms. The van der Waals surface area contributed by atoms with E-state index in [9.17, 15) is 19.6 Å². The van der Waals surface area contributed by atoms with Crippen molar-refractivity contribution >= 4 is 17.5 Å². The Morgan fingerprint density at radius 3 is 2.29 bits per heavy atom. The Bertz CT molecular complexity index is 1170. The first-order chi connectivity index (χ1) is 17.4. The molecule has 0 saturated heterocycles. The molecule has 0 aromatic carbocycles. The zero-order chi connectivity index (χ0) is 28.5. The van der Waals surface area contributed by atoms with E-state index in [1.807, 2.05) is 26.0 Å². The Morgan fingerprint density at radius 2 is 1.71 bits per heavy atom. The number of fused-ring (bicyclic) bond motifs is 3. The van der Waals surface area contributed by atoms with Crippen molar-refractivity contribution < 1.29 is 19.1 Å². The summed E-state index contributed by atoms with van der Waals surface area (Å²) in [6.07, 6.45) is 10.1. The van der Waals surface area contributed by atoms with Gasteiger partial charge in [-0.15, -0.1) is 0 Å². The number of methoxy groups -OCH3 is 1. The number of hydrogen-bond acceptors (Lipinski definition) is 5. The van der Waals surface area contributed by atoms with E-state index in [4.69, 9.17) is 4.74 Å². The van der Waals surface area contributed by atoms with Crippen LogP contribution in [0.3, 0.4) is 0 Å². The van der Waals surface area contributed by atoms with Crippen LogP contribution in [0.5, 0.6) is 0 Å². The van der Waals surface area contributed by atoms with Gasteiger partial charge in [-0.1, -0.05) is 67.0 Å². The summed E-state index contributed by atoms with van der Waals surface area (Å²) in [4.78, 5) is 39.9. The first kappa shape index (κ1) is 28.8. The van der Waals surface area contributed by atoms with Crippen LogP contribution in [0, 0.1) is 55.7 Å². The van der Waals surface area contributed by atoms with E-state index < -0.39 is 16.2 Å². The topological polar surface area (TPSA) is 84.2 Å². The van der Waals surface area contributed by atoms with Gasteiger partial charge >= 0.3 is 5.97 Å². The first-order valence-electron chi connectivity index (χ1n) is 14.4.